The zero-order valence-corrected chi connectivity index (χ0v) is 11.1. The number of ether oxygens (including phenoxy) is 1. The fourth-order valence-corrected chi connectivity index (χ4v) is 3.46. The molecule has 0 saturated heterocycles. The predicted octanol–water partition coefficient (Wildman–Crippen LogP) is 3.53. The van der Waals surface area contributed by atoms with Gasteiger partial charge in [-0.05, 0) is 24.1 Å². The summed E-state index contributed by atoms with van der Waals surface area (Å²) >= 11 is 3.58. The number of nitrogens with zero attached hydrogens (tertiary/aromatic N) is 1. The van der Waals surface area contributed by atoms with Gasteiger partial charge in [-0.15, -0.1) is 0 Å². The van der Waals surface area contributed by atoms with Gasteiger partial charge in [-0.1, -0.05) is 36.5 Å². The molecule has 0 N–H and O–H groups in total. The van der Waals surface area contributed by atoms with E-state index in [0.29, 0.717) is 5.92 Å². The van der Waals surface area contributed by atoms with E-state index >= 15 is 0 Å². The van der Waals surface area contributed by atoms with Gasteiger partial charge in [0.05, 0.1) is 7.11 Å². The molecular formula is C12H15NOS2. The summed E-state index contributed by atoms with van der Waals surface area (Å²) < 4.78 is 6.37. The van der Waals surface area contributed by atoms with Gasteiger partial charge < -0.3 is 4.74 Å². The minimum atomic E-state index is 0.708. The molecule has 1 aromatic carbocycles. The van der Waals surface area contributed by atoms with Crippen molar-refractivity contribution in [3.05, 3.63) is 24.3 Å². The van der Waals surface area contributed by atoms with Crippen LogP contribution in [-0.2, 0) is 0 Å². The van der Waals surface area contributed by atoms with Crippen LogP contribution in [0.15, 0.2) is 34.2 Å². The Labute approximate surface area is 105 Å². The summed E-state index contributed by atoms with van der Waals surface area (Å²) in [4.78, 5) is 5.76. The molecule has 16 heavy (non-hydrogen) atoms. The van der Waals surface area contributed by atoms with Crippen LogP contribution in [0.2, 0.25) is 0 Å². The highest BCUT2D eigenvalue weighted by Crippen LogP contribution is 2.31. The first kappa shape index (κ1) is 11.9. The number of benzene rings is 1. The molecule has 1 aromatic rings. The topological polar surface area (TPSA) is 21.6 Å². The lowest BCUT2D eigenvalue weighted by molar-refractivity contribution is 0.413. The van der Waals surface area contributed by atoms with Crippen LogP contribution in [0, 0.1) is 5.92 Å². The van der Waals surface area contributed by atoms with Gasteiger partial charge in [0.15, 0.2) is 0 Å². The minimum Gasteiger partial charge on any atom is -0.497 e. The highest BCUT2D eigenvalue weighted by atomic mass is 32.2. The third kappa shape index (κ3) is 3.19. The van der Waals surface area contributed by atoms with E-state index in [-0.39, 0.29) is 0 Å². The summed E-state index contributed by atoms with van der Waals surface area (Å²) in [5.41, 5.74) is 0. The number of hydrogen-bond donors (Lipinski definition) is 0. The van der Waals surface area contributed by atoms with Crippen LogP contribution in [0.25, 0.3) is 0 Å². The fraction of sp³-hybridized carbons (Fsp3) is 0.417. The standard InChI is InChI=1S/C12H15NOS2/c1-9-7-13-12(15-8-9)16-11-5-3-4-10(6-11)14-2/h3-6,9H,7-8H2,1-2H3. The molecular weight excluding hydrogens is 238 g/mol. The first-order valence-electron chi connectivity index (χ1n) is 5.27. The summed E-state index contributed by atoms with van der Waals surface area (Å²) in [6.07, 6.45) is 0. The van der Waals surface area contributed by atoms with Crippen molar-refractivity contribution in [3.8, 4) is 5.75 Å². The number of methoxy groups -OCH3 is 1. The van der Waals surface area contributed by atoms with Crippen LogP contribution in [-0.4, -0.2) is 23.8 Å². The Balaban J connectivity index is 2.03. The summed E-state index contributed by atoms with van der Waals surface area (Å²) in [6, 6.07) is 8.11. The third-order valence-electron chi connectivity index (χ3n) is 2.27. The van der Waals surface area contributed by atoms with Crippen molar-refractivity contribution in [1.29, 1.82) is 0 Å². The maximum Gasteiger partial charge on any atom is 0.129 e. The van der Waals surface area contributed by atoms with Crippen LogP contribution in [0.3, 0.4) is 0 Å². The largest absolute Gasteiger partial charge is 0.497 e. The summed E-state index contributed by atoms with van der Waals surface area (Å²) in [6.45, 7) is 3.20. The van der Waals surface area contributed by atoms with E-state index in [2.05, 4.69) is 18.0 Å². The van der Waals surface area contributed by atoms with Gasteiger partial charge in [0.25, 0.3) is 0 Å². The van der Waals surface area contributed by atoms with Gasteiger partial charge in [0, 0.05) is 17.2 Å². The van der Waals surface area contributed by atoms with E-state index in [1.54, 1.807) is 18.9 Å². The van der Waals surface area contributed by atoms with Crippen LogP contribution in [0.4, 0.5) is 0 Å². The van der Waals surface area contributed by atoms with E-state index in [4.69, 9.17) is 4.74 Å². The Morgan fingerprint density at radius 1 is 1.50 bits per heavy atom. The van der Waals surface area contributed by atoms with E-state index in [0.717, 1.165) is 12.3 Å². The van der Waals surface area contributed by atoms with Crippen molar-refractivity contribution in [3.63, 3.8) is 0 Å². The maximum absolute atomic E-state index is 5.20. The van der Waals surface area contributed by atoms with E-state index in [1.165, 1.54) is 15.0 Å². The molecule has 2 rings (SSSR count). The summed E-state index contributed by atoms with van der Waals surface area (Å²) in [5, 5.41) is 0. The molecule has 1 aliphatic rings. The van der Waals surface area contributed by atoms with Crippen LogP contribution < -0.4 is 4.74 Å². The molecule has 1 aliphatic heterocycles. The third-order valence-corrected chi connectivity index (χ3v) is 4.78. The Morgan fingerprint density at radius 3 is 3.06 bits per heavy atom. The first-order chi connectivity index (χ1) is 7.78. The molecule has 0 bridgehead atoms. The number of rotatable bonds is 2. The average Bonchev–Trinajstić information content (AvgIpc) is 2.32. The van der Waals surface area contributed by atoms with Gasteiger partial charge in [-0.3, -0.25) is 4.99 Å². The van der Waals surface area contributed by atoms with Gasteiger partial charge in [-0.2, -0.15) is 0 Å². The second-order valence-electron chi connectivity index (χ2n) is 3.80. The molecule has 1 atom stereocenters. The van der Waals surface area contributed by atoms with Gasteiger partial charge in [-0.25, -0.2) is 0 Å². The molecule has 0 fully saturated rings. The Bertz CT molecular complexity index is 392. The molecule has 86 valence electrons. The minimum absolute atomic E-state index is 0.708. The van der Waals surface area contributed by atoms with Crippen molar-refractivity contribution < 1.29 is 4.74 Å². The predicted molar refractivity (Wildman–Crippen MR) is 72.8 cm³/mol. The Kier molecular flexibility index (Phi) is 4.18. The van der Waals surface area contributed by atoms with E-state index in [9.17, 15) is 0 Å². The molecule has 2 nitrogen and oxygen atoms in total. The second-order valence-corrected chi connectivity index (χ2v) is 6.13. The molecule has 0 aliphatic carbocycles. The van der Waals surface area contributed by atoms with Crippen molar-refractivity contribution in [1.82, 2.24) is 0 Å². The van der Waals surface area contributed by atoms with Crippen molar-refractivity contribution in [2.45, 2.75) is 11.8 Å². The van der Waals surface area contributed by atoms with E-state index < -0.39 is 0 Å². The number of hydrogen-bond acceptors (Lipinski definition) is 4. The highest BCUT2D eigenvalue weighted by Gasteiger charge is 2.13. The second kappa shape index (κ2) is 5.64. The number of thioether (sulfide) groups is 2. The van der Waals surface area contributed by atoms with Crippen molar-refractivity contribution in [2.24, 2.45) is 10.9 Å². The highest BCUT2D eigenvalue weighted by molar-refractivity contribution is 8.38. The van der Waals surface area contributed by atoms with Crippen LogP contribution in [0.1, 0.15) is 6.92 Å². The fourth-order valence-electron chi connectivity index (χ4n) is 1.37. The molecule has 4 heteroatoms. The zero-order chi connectivity index (χ0) is 11.4. The van der Waals surface area contributed by atoms with Gasteiger partial charge >= 0.3 is 0 Å². The quantitative estimate of drug-likeness (QED) is 0.805. The molecule has 0 amide bonds. The summed E-state index contributed by atoms with van der Waals surface area (Å²) in [7, 11) is 1.69. The molecule has 1 unspecified atom stereocenters. The lowest BCUT2D eigenvalue weighted by atomic mass is 10.2. The lowest BCUT2D eigenvalue weighted by Gasteiger charge is -2.16. The SMILES string of the molecule is COc1cccc(SC2=NCC(C)CS2)c1. The summed E-state index contributed by atoms with van der Waals surface area (Å²) in [5.74, 6) is 2.79. The zero-order valence-electron chi connectivity index (χ0n) is 9.47. The van der Waals surface area contributed by atoms with Crippen molar-refractivity contribution in [2.75, 3.05) is 19.4 Å². The van der Waals surface area contributed by atoms with Gasteiger partial charge in [0.2, 0.25) is 0 Å². The maximum atomic E-state index is 5.20. The molecule has 0 aromatic heterocycles. The molecule has 0 radical (unpaired) electrons. The Morgan fingerprint density at radius 2 is 2.38 bits per heavy atom. The lowest BCUT2D eigenvalue weighted by Crippen LogP contribution is -2.10. The normalized spacial score (nSPS) is 20.4. The smallest absolute Gasteiger partial charge is 0.129 e. The average molecular weight is 253 g/mol. The number of aliphatic imine (C=N–C) groups is 1. The molecule has 0 saturated carbocycles. The molecule has 0 spiro atoms. The monoisotopic (exact) mass is 253 g/mol. The van der Waals surface area contributed by atoms with Gasteiger partial charge in [0.1, 0.15) is 10.1 Å². The van der Waals surface area contributed by atoms with E-state index in [1.807, 2.05) is 30.0 Å². The van der Waals surface area contributed by atoms with Crippen molar-refractivity contribution >= 4 is 27.9 Å². The van der Waals surface area contributed by atoms with Crippen LogP contribution >= 0.6 is 23.5 Å². The van der Waals surface area contributed by atoms with Crippen LogP contribution in [0.5, 0.6) is 5.75 Å². The first-order valence-corrected chi connectivity index (χ1v) is 7.07. The molecule has 1 heterocycles. The Hall–Kier alpha value is -0.610.